The number of halogens is 1. The molecule has 126 valence electrons. The molecule has 2 amide bonds. The van der Waals surface area contributed by atoms with E-state index in [-0.39, 0.29) is 24.2 Å². The molecule has 3 rings (SSSR count). The molecule has 2 aromatic rings. The fraction of sp³-hybridized carbons (Fsp3) is 0.100. The van der Waals surface area contributed by atoms with Crippen LogP contribution in [0.25, 0.3) is 5.57 Å². The molecule has 3 nitrogen and oxygen atoms in total. The van der Waals surface area contributed by atoms with Gasteiger partial charge in [-0.25, -0.2) is 4.39 Å². The van der Waals surface area contributed by atoms with Gasteiger partial charge in [0.2, 0.25) is 0 Å². The molecule has 0 fully saturated rings. The molecular weight excluding hydrogens is 337 g/mol. The standard InChI is InChI=1S/C20H16FNO2S/c1-2-12-22-19(23)17(15-8-10-16(21)11-9-15)18(20(22)24)25-13-14-6-4-3-5-7-14/h2-11H,1,12-13H2. The Labute approximate surface area is 149 Å². The molecule has 0 saturated heterocycles. The van der Waals surface area contributed by atoms with E-state index in [0.29, 0.717) is 21.8 Å². The minimum atomic E-state index is -0.387. The van der Waals surface area contributed by atoms with Gasteiger partial charge in [0, 0.05) is 12.3 Å². The summed E-state index contributed by atoms with van der Waals surface area (Å²) >= 11 is 1.33. The van der Waals surface area contributed by atoms with Crippen molar-refractivity contribution in [1.82, 2.24) is 4.90 Å². The summed E-state index contributed by atoms with van der Waals surface area (Å²) in [6.07, 6.45) is 1.52. The molecule has 1 aliphatic heterocycles. The van der Waals surface area contributed by atoms with Gasteiger partial charge in [-0.1, -0.05) is 48.5 Å². The lowest BCUT2D eigenvalue weighted by Crippen LogP contribution is -2.31. The average Bonchev–Trinajstić information content (AvgIpc) is 2.86. The molecule has 0 radical (unpaired) electrons. The van der Waals surface area contributed by atoms with Crippen LogP contribution in [0.5, 0.6) is 0 Å². The number of nitrogens with zero attached hydrogens (tertiary/aromatic N) is 1. The summed E-state index contributed by atoms with van der Waals surface area (Å²) in [6, 6.07) is 15.3. The molecule has 0 bridgehead atoms. The highest BCUT2D eigenvalue weighted by Gasteiger charge is 2.38. The second kappa shape index (κ2) is 7.49. The molecule has 5 heteroatoms. The van der Waals surface area contributed by atoms with Crippen LogP contribution in [0.1, 0.15) is 11.1 Å². The molecule has 0 aromatic heterocycles. The van der Waals surface area contributed by atoms with E-state index in [1.165, 1.54) is 47.0 Å². The molecule has 0 N–H and O–H groups in total. The van der Waals surface area contributed by atoms with Gasteiger partial charge < -0.3 is 0 Å². The number of thioether (sulfide) groups is 1. The molecule has 1 heterocycles. The van der Waals surface area contributed by atoms with Crippen molar-refractivity contribution in [1.29, 1.82) is 0 Å². The van der Waals surface area contributed by atoms with Crippen LogP contribution in [0.3, 0.4) is 0 Å². The van der Waals surface area contributed by atoms with Gasteiger partial charge in [0.25, 0.3) is 11.8 Å². The van der Waals surface area contributed by atoms with Crippen LogP contribution < -0.4 is 0 Å². The lowest BCUT2D eigenvalue weighted by Gasteiger charge is -2.12. The number of hydrogen-bond donors (Lipinski definition) is 0. The van der Waals surface area contributed by atoms with Gasteiger partial charge in [-0.2, -0.15) is 0 Å². The summed E-state index contributed by atoms with van der Waals surface area (Å²) in [5, 5.41) is 0. The molecule has 0 saturated carbocycles. The monoisotopic (exact) mass is 353 g/mol. The van der Waals surface area contributed by atoms with Crippen molar-refractivity contribution in [3.05, 3.63) is 89.1 Å². The molecule has 2 aromatic carbocycles. The quantitative estimate of drug-likeness (QED) is 0.581. The van der Waals surface area contributed by atoms with Crippen molar-refractivity contribution in [2.24, 2.45) is 0 Å². The predicted molar refractivity (Wildman–Crippen MR) is 98.0 cm³/mol. The number of hydrogen-bond acceptors (Lipinski definition) is 3. The van der Waals surface area contributed by atoms with E-state index in [4.69, 9.17) is 0 Å². The van der Waals surface area contributed by atoms with Gasteiger partial charge >= 0.3 is 0 Å². The van der Waals surface area contributed by atoms with Crippen LogP contribution in [0.2, 0.25) is 0 Å². The third kappa shape index (κ3) is 3.56. The number of carbonyl (C=O) groups is 2. The Hall–Kier alpha value is -2.66. The maximum atomic E-state index is 13.2. The van der Waals surface area contributed by atoms with Gasteiger partial charge in [0.1, 0.15) is 5.82 Å². The number of benzene rings is 2. The normalized spacial score (nSPS) is 14.4. The topological polar surface area (TPSA) is 37.4 Å². The van der Waals surface area contributed by atoms with E-state index in [1.54, 1.807) is 0 Å². The van der Waals surface area contributed by atoms with Gasteiger partial charge in [-0.3, -0.25) is 14.5 Å². The molecule has 25 heavy (non-hydrogen) atoms. The number of rotatable bonds is 6. The third-order valence-corrected chi connectivity index (χ3v) is 4.94. The van der Waals surface area contributed by atoms with Crippen LogP contribution in [-0.2, 0) is 15.3 Å². The van der Waals surface area contributed by atoms with Gasteiger partial charge in [-0.15, -0.1) is 18.3 Å². The first kappa shape index (κ1) is 17.2. The highest BCUT2D eigenvalue weighted by Crippen LogP contribution is 2.37. The Morgan fingerprint density at radius 2 is 1.68 bits per heavy atom. The first-order chi connectivity index (χ1) is 12.1. The lowest BCUT2D eigenvalue weighted by molar-refractivity contribution is -0.135. The van der Waals surface area contributed by atoms with Crippen molar-refractivity contribution >= 4 is 29.1 Å². The summed E-state index contributed by atoms with van der Waals surface area (Å²) in [5.74, 6) is -0.512. The van der Waals surface area contributed by atoms with Crippen molar-refractivity contribution in [2.45, 2.75) is 5.75 Å². The molecule has 0 aliphatic carbocycles. The van der Waals surface area contributed by atoms with Crippen molar-refractivity contribution in [3.8, 4) is 0 Å². The van der Waals surface area contributed by atoms with Gasteiger partial charge in [0.05, 0.1) is 10.5 Å². The van der Waals surface area contributed by atoms with Crippen molar-refractivity contribution in [3.63, 3.8) is 0 Å². The second-order valence-corrected chi connectivity index (χ2v) is 6.48. The largest absolute Gasteiger partial charge is 0.270 e. The molecule has 0 unspecified atom stereocenters. The van der Waals surface area contributed by atoms with Crippen LogP contribution >= 0.6 is 11.8 Å². The van der Waals surface area contributed by atoms with E-state index < -0.39 is 0 Å². The van der Waals surface area contributed by atoms with E-state index in [0.717, 1.165) is 5.56 Å². The fourth-order valence-corrected chi connectivity index (χ4v) is 3.67. The van der Waals surface area contributed by atoms with Crippen molar-refractivity contribution in [2.75, 3.05) is 6.54 Å². The zero-order valence-corrected chi connectivity index (χ0v) is 14.3. The zero-order valence-electron chi connectivity index (χ0n) is 13.4. The number of amides is 2. The first-order valence-electron chi connectivity index (χ1n) is 7.76. The molecule has 1 aliphatic rings. The summed E-state index contributed by atoms with van der Waals surface area (Å²) in [5.41, 5.74) is 1.93. The molecule has 0 spiro atoms. The van der Waals surface area contributed by atoms with Gasteiger partial charge in [-0.05, 0) is 23.3 Å². The van der Waals surface area contributed by atoms with Crippen LogP contribution in [0.4, 0.5) is 4.39 Å². The maximum Gasteiger partial charge on any atom is 0.268 e. The SMILES string of the molecule is C=CCN1C(=O)C(SCc2ccccc2)=C(c2ccc(F)cc2)C1=O. The summed E-state index contributed by atoms with van der Waals surface area (Å²) < 4.78 is 13.2. The zero-order chi connectivity index (χ0) is 17.8. The minimum absolute atomic E-state index is 0.151. The van der Waals surface area contributed by atoms with Crippen molar-refractivity contribution < 1.29 is 14.0 Å². The fourth-order valence-electron chi connectivity index (χ4n) is 2.58. The molecule has 0 atom stereocenters. The second-order valence-electron chi connectivity index (χ2n) is 5.49. The Bertz CT molecular complexity index is 844. The van der Waals surface area contributed by atoms with Crippen LogP contribution in [0, 0.1) is 5.82 Å². The van der Waals surface area contributed by atoms with E-state index in [9.17, 15) is 14.0 Å². The van der Waals surface area contributed by atoms with E-state index in [1.807, 2.05) is 30.3 Å². The number of carbonyl (C=O) groups excluding carboxylic acids is 2. The number of imide groups is 1. The maximum absolute atomic E-state index is 13.2. The van der Waals surface area contributed by atoms with E-state index in [2.05, 4.69) is 6.58 Å². The Kier molecular flexibility index (Phi) is 5.14. The molecular formula is C20H16FNO2S. The first-order valence-corrected chi connectivity index (χ1v) is 8.74. The van der Waals surface area contributed by atoms with Crippen LogP contribution in [-0.4, -0.2) is 23.3 Å². The van der Waals surface area contributed by atoms with E-state index >= 15 is 0 Å². The third-order valence-electron chi connectivity index (χ3n) is 3.80. The smallest absolute Gasteiger partial charge is 0.268 e. The average molecular weight is 353 g/mol. The van der Waals surface area contributed by atoms with Gasteiger partial charge in [0.15, 0.2) is 0 Å². The highest BCUT2D eigenvalue weighted by molar-refractivity contribution is 8.03. The summed E-state index contributed by atoms with van der Waals surface area (Å²) in [6.45, 7) is 3.75. The Balaban J connectivity index is 1.96. The minimum Gasteiger partial charge on any atom is -0.270 e. The summed E-state index contributed by atoms with van der Waals surface area (Å²) in [7, 11) is 0. The Morgan fingerprint density at radius 1 is 1.00 bits per heavy atom. The highest BCUT2D eigenvalue weighted by atomic mass is 32.2. The lowest BCUT2D eigenvalue weighted by atomic mass is 10.1. The predicted octanol–water partition coefficient (Wildman–Crippen LogP) is 4.03. The summed E-state index contributed by atoms with van der Waals surface area (Å²) in [4.78, 5) is 26.9. The van der Waals surface area contributed by atoms with Crippen LogP contribution in [0.15, 0.2) is 72.2 Å². The Morgan fingerprint density at radius 3 is 2.32 bits per heavy atom.